The van der Waals surface area contributed by atoms with Crippen LogP contribution >= 0.6 is 0 Å². The third kappa shape index (κ3) is 6.00. The number of hydrogen-bond donors (Lipinski definition) is 1. The Labute approximate surface area is 181 Å². The van der Waals surface area contributed by atoms with E-state index in [1.54, 1.807) is 11.1 Å². The van der Waals surface area contributed by atoms with Crippen LogP contribution in [0.25, 0.3) is 0 Å². The number of ether oxygens (including phenoxy) is 1. The molecule has 1 unspecified atom stereocenters. The van der Waals surface area contributed by atoms with Crippen molar-refractivity contribution in [2.75, 3.05) is 47.9 Å². The standard InChI is InChI=1S/C23H37N5O2/c1-8-14-27(7)22(29)20-21(26(6)9-2)24-23(30-16-15-25(4)5)28(20)17-19-12-10-18(3)11-13-19/h9-13,23-24H,2,8,14-17H2,1,3-7H3. The Kier molecular flexibility index (Phi) is 8.74. The number of aryl methyl sites for hydroxylation is 1. The van der Waals surface area contributed by atoms with E-state index < -0.39 is 6.35 Å². The Bertz CT molecular complexity index is 744. The number of benzene rings is 1. The quantitative estimate of drug-likeness (QED) is 0.599. The van der Waals surface area contributed by atoms with E-state index in [2.05, 4.69) is 54.9 Å². The van der Waals surface area contributed by atoms with Gasteiger partial charge < -0.3 is 29.7 Å². The van der Waals surface area contributed by atoms with Crippen LogP contribution in [0.2, 0.25) is 0 Å². The lowest BCUT2D eigenvalue weighted by Crippen LogP contribution is -2.43. The summed E-state index contributed by atoms with van der Waals surface area (Å²) in [7, 11) is 7.75. The van der Waals surface area contributed by atoms with Gasteiger partial charge in [0.1, 0.15) is 11.5 Å². The van der Waals surface area contributed by atoms with Gasteiger partial charge in [-0.05, 0) is 39.2 Å². The summed E-state index contributed by atoms with van der Waals surface area (Å²) in [6.45, 7) is 10.6. The first kappa shape index (κ1) is 23.8. The van der Waals surface area contributed by atoms with Gasteiger partial charge >= 0.3 is 0 Å². The normalized spacial score (nSPS) is 16.1. The molecule has 7 heteroatoms. The van der Waals surface area contributed by atoms with Crippen LogP contribution in [-0.4, -0.2) is 79.7 Å². The maximum atomic E-state index is 13.4. The fourth-order valence-corrected chi connectivity index (χ4v) is 3.25. The SMILES string of the molecule is C=CN(C)C1=C(C(=O)N(C)CCC)N(Cc2ccc(C)cc2)C(OCCN(C)C)N1. The molecule has 2 rings (SSSR count). The zero-order valence-corrected chi connectivity index (χ0v) is 19.3. The predicted octanol–water partition coefficient (Wildman–Crippen LogP) is 2.37. The summed E-state index contributed by atoms with van der Waals surface area (Å²) in [6, 6.07) is 8.37. The van der Waals surface area contributed by atoms with Crippen molar-refractivity contribution in [3.63, 3.8) is 0 Å². The average molecular weight is 416 g/mol. The van der Waals surface area contributed by atoms with Crippen LogP contribution in [0.4, 0.5) is 0 Å². The molecule has 0 aromatic heterocycles. The molecule has 166 valence electrons. The molecule has 1 aromatic rings. The van der Waals surface area contributed by atoms with Gasteiger partial charge in [-0.25, -0.2) is 0 Å². The molecule has 1 aliphatic rings. The molecule has 1 aliphatic heterocycles. The van der Waals surface area contributed by atoms with Crippen LogP contribution in [0.15, 0.2) is 48.6 Å². The summed E-state index contributed by atoms with van der Waals surface area (Å²) in [5.74, 6) is 0.679. The molecule has 0 saturated heterocycles. The summed E-state index contributed by atoms with van der Waals surface area (Å²) in [4.78, 5) is 21.1. The first-order valence-electron chi connectivity index (χ1n) is 10.5. The number of carbonyl (C=O) groups excluding carboxylic acids is 1. The second kappa shape index (κ2) is 11.0. The minimum Gasteiger partial charge on any atom is -0.340 e. The Morgan fingerprint density at radius 2 is 1.87 bits per heavy atom. The topological polar surface area (TPSA) is 51.3 Å². The summed E-state index contributed by atoms with van der Waals surface area (Å²) >= 11 is 0. The first-order chi connectivity index (χ1) is 14.3. The van der Waals surface area contributed by atoms with Crippen molar-refractivity contribution in [1.29, 1.82) is 0 Å². The molecular weight excluding hydrogens is 378 g/mol. The van der Waals surface area contributed by atoms with E-state index in [0.29, 0.717) is 31.2 Å². The second-order valence-corrected chi connectivity index (χ2v) is 8.00. The molecule has 1 atom stereocenters. The van der Waals surface area contributed by atoms with Crippen molar-refractivity contribution >= 4 is 5.91 Å². The van der Waals surface area contributed by atoms with Gasteiger partial charge in [0, 0.05) is 33.7 Å². The highest BCUT2D eigenvalue weighted by molar-refractivity contribution is 5.93. The smallest absolute Gasteiger partial charge is 0.273 e. The molecule has 7 nitrogen and oxygen atoms in total. The fraction of sp³-hybridized carbons (Fsp3) is 0.522. The van der Waals surface area contributed by atoms with Gasteiger partial charge in [-0.15, -0.1) is 0 Å². The molecule has 1 heterocycles. The van der Waals surface area contributed by atoms with Crippen molar-refractivity contribution < 1.29 is 9.53 Å². The summed E-state index contributed by atoms with van der Waals surface area (Å²) in [6.07, 6.45) is 2.16. The van der Waals surface area contributed by atoms with Gasteiger partial charge in [0.15, 0.2) is 0 Å². The maximum Gasteiger partial charge on any atom is 0.273 e. The number of carbonyl (C=O) groups is 1. The third-order valence-electron chi connectivity index (χ3n) is 5.08. The van der Waals surface area contributed by atoms with Crippen molar-refractivity contribution in [3.8, 4) is 0 Å². The maximum absolute atomic E-state index is 13.4. The predicted molar refractivity (Wildman–Crippen MR) is 121 cm³/mol. The molecule has 1 aromatic carbocycles. The summed E-state index contributed by atoms with van der Waals surface area (Å²) in [5.41, 5.74) is 2.93. The molecular formula is C23H37N5O2. The zero-order chi connectivity index (χ0) is 22.3. The van der Waals surface area contributed by atoms with Gasteiger partial charge in [0.05, 0.1) is 6.61 Å². The van der Waals surface area contributed by atoms with E-state index in [4.69, 9.17) is 4.74 Å². The Morgan fingerprint density at radius 3 is 2.43 bits per heavy atom. The van der Waals surface area contributed by atoms with E-state index in [-0.39, 0.29) is 5.91 Å². The molecule has 0 saturated carbocycles. The van der Waals surface area contributed by atoms with E-state index in [1.165, 1.54) is 5.56 Å². The van der Waals surface area contributed by atoms with Crippen molar-refractivity contribution in [3.05, 3.63) is 59.7 Å². The van der Waals surface area contributed by atoms with Crippen molar-refractivity contribution in [2.45, 2.75) is 33.2 Å². The highest BCUT2D eigenvalue weighted by Gasteiger charge is 2.38. The van der Waals surface area contributed by atoms with Crippen LogP contribution < -0.4 is 5.32 Å². The van der Waals surface area contributed by atoms with Gasteiger partial charge in [-0.2, -0.15) is 0 Å². The average Bonchev–Trinajstić information content (AvgIpc) is 3.06. The van der Waals surface area contributed by atoms with E-state index in [0.717, 1.165) is 18.5 Å². The van der Waals surface area contributed by atoms with Gasteiger partial charge in [0.25, 0.3) is 5.91 Å². The van der Waals surface area contributed by atoms with E-state index in [1.807, 2.05) is 38.0 Å². The lowest BCUT2D eigenvalue weighted by molar-refractivity contribution is -0.130. The van der Waals surface area contributed by atoms with Crippen LogP contribution in [0, 0.1) is 6.92 Å². The van der Waals surface area contributed by atoms with Crippen LogP contribution in [-0.2, 0) is 16.1 Å². The molecule has 0 fully saturated rings. The molecule has 1 amide bonds. The van der Waals surface area contributed by atoms with Crippen LogP contribution in [0.5, 0.6) is 0 Å². The minimum absolute atomic E-state index is 0.0288. The molecule has 1 N–H and O–H groups in total. The Balaban J connectivity index is 2.39. The number of likely N-dealkylation sites (N-methyl/N-ethyl adjacent to an activating group) is 2. The number of amides is 1. The van der Waals surface area contributed by atoms with Crippen molar-refractivity contribution in [2.24, 2.45) is 0 Å². The van der Waals surface area contributed by atoms with E-state index >= 15 is 0 Å². The number of rotatable bonds is 11. The number of nitrogens with zero attached hydrogens (tertiary/aromatic N) is 4. The van der Waals surface area contributed by atoms with E-state index in [9.17, 15) is 4.79 Å². The largest absolute Gasteiger partial charge is 0.340 e. The Morgan fingerprint density at radius 1 is 1.20 bits per heavy atom. The third-order valence-corrected chi connectivity index (χ3v) is 5.08. The van der Waals surface area contributed by atoms with Crippen LogP contribution in [0.1, 0.15) is 24.5 Å². The lowest BCUT2D eigenvalue weighted by atomic mass is 10.1. The summed E-state index contributed by atoms with van der Waals surface area (Å²) in [5, 5.41) is 3.40. The lowest BCUT2D eigenvalue weighted by Gasteiger charge is -2.30. The van der Waals surface area contributed by atoms with Gasteiger partial charge in [-0.3, -0.25) is 4.79 Å². The number of hydrogen-bond acceptors (Lipinski definition) is 6. The van der Waals surface area contributed by atoms with Gasteiger partial charge in [-0.1, -0.05) is 43.3 Å². The molecule has 30 heavy (non-hydrogen) atoms. The molecule has 0 bridgehead atoms. The zero-order valence-electron chi connectivity index (χ0n) is 19.3. The second-order valence-electron chi connectivity index (χ2n) is 8.00. The molecule has 0 aliphatic carbocycles. The molecule has 0 radical (unpaired) electrons. The first-order valence-corrected chi connectivity index (χ1v) is 10.5. The van der Waals surface area contributed by atoms with Crippen LogP contribution in [0.3, 0.4) is 0 Å². The minimum atomic E-state index is -0.433. The summed E-state index contributed by atoms with van der Waals surface area (Å²) < 4.78 is 6.17. The monoisotopic (exact) mass is 415 g/mol. The fourth-order valence-electron chi connectivity index (χ4n) is 3.25. The highest BCUT2D eigenvalue weighted by Crippen LogP contribution is 2.27. The number of nitrogens with one attached hydrogen (secondary N) is 1. The Hall–Kier alpha value is -2.51. The van der Waals surface area contributed by atoms with Crippen molar-refractivity contribution in [1.82, 2.24) is 24.9 Å². The van der Waals surface area contributed by atoms with Gasteiger partial charge in [0.2, 0.25) is 6.35 Å². The highest BCUT2D eigenvalue weighted by atomic mass is 16.5. The molecule has 0 spiro atoms.